The Bertz CT molecular complexity index is 293. The van der Waals surface area contributed by atoms with Crippen molar-refractivity contribution in [1.29, 1.82) is 0 Å². The average molecular weight is 195 g/mol. The molecule has 0 unspecified atom stereocenters. The molecule has 1 aromatic heterocycles. The van der Waals surface area contributed by atoms with Gasteiger partial charge in [-0.15, -0.1) is 10.2 Å². The van der Waals surface area contributed by atoms with Crippen LogP contribution in [0.15, 0.2) is 10.8 Å². The number of hydrogen-bond donors (Lipinski definition) is 1. The summed E-state index contributed by atoms with van der Waals surface area (Å²) in [6.07, 6.45) is 6.11. The zero-order chi connectivity index (χ0) is 9.80. The van der Waals surface area contributed by atoms with Crippen LogP contribution in [0.4, 0.5) is 0 Å². The fourth-order valence-electron chi connectivity index (χ4n) is 1.35. The second-order valence-electron chi connectivity index (χ2n) is 3.59. The van der Waals surface area contributed by atoms with Crippen LogP contribution in [0.1, 0.15) is 36.4 Å². The molecule has 14 heavy (non-hydrogen) atoms. The summed E-state index contributed by atoms with van der Waals surface area (Å²) in [6.45, 7) is 0.692. The lowest BCUT2D eigenvalue weighted by Gasteiger charge is -2.00. The van der Waals surface area contributed by atoms with Crippen LogP contribution in [-0.2, 0) is 0 Å². The van der Waals surface area contributed by atoms with E-state index in [0.29, 0.717) is 6.54 Å². The standard InChI is InChI=1S/C9H13N3O2/c13-8(9-12-11-6-14-9)10-5-1-2-7-3-4-7/h6-7H,1-5H2,(H,10,13). The Balaban J connectivity index is 1.62. The second-order valence-corrected chi connectivity index (χ2v) is 3.59. The van der Waals surface area contributed by atoms with Gasteiger partial charge >= 0.3 is 11.8 Å². The average Bonchev–Trinajstić information content (AvgIpc) is 2.84. The molecule has 1 aliphatic rings. The highest BCUT2D eigenvalue weighted by atomic mass is 16.4. The Labute approximate surface area is 81.9 Å². The highest BCUT2D eigenvalue weighted by Crippen LogP contribution is 2.33. The van der Waals surface area contributed by atoms with Crippen molar-refractivity contribution in [3.63, 3.8) is 0 Å². The fraction of sp³-hybridized carbons (Fsp3) is 0.667. The number of carbonyl (C=O) groups is 1. The van der Waals surface area contributed by atoms with Crippen molar-refractivity contribution >= 4 is 5.91 Å². The third-order valence-electron chi connectivity index (χ3n) is 2.33. The van der Waals surface area contributed by atoms with E-state index in [-0.39, 0.29) is 11.8 Å². The number of rotatable bonds is 5. The summed E-state index contributed by atoms with van der Waals surface area (Å²) in [5.74, 6) is 0.671. The Morgan fingerprint density at radius 3 is 3.14 bits per heavy atom. The maximum absolute atomic E-state index is 11.3. The third-order valence-corrected chi connectivity index (χ3v) is 2.33. The van der Waals surface area contributed by atoms with Gasteiger partial charge in [0.05, 0.1) is 0 Å². The van der Waals surface area contributed by atoms with Crippen LogP contribution in [0, 0.1) is 5.92 Å². The lowest BCUT2D eigenvalue weighted by Crippen LogP contribution is -2.24. The minimum Gasteiger partial charge on any atom is -0.420 e. The molecule has 0 saturated heterocycles. The first kappa shape index (κ1) is 9.18. The van der Waals surface area contributed by atoms with Gasteiger partial charge in [0.1, 0.15) is 0 Å². The smallest absolute Gasteiger partial charge is 0.308 e. The molecule has 1 amide bonds. The Morgan fingerprint density at radius 2 is 2.50 bits per heavy atom. The summed E-state index contributed by atoms with van der Waals surface area (Å²) in [5.41, 5.74) is 0. The van der Waals surface area contributed by atoms with Crippen molar-refractivity contribution in [3.05, 3.63) is 12.3 Å². The first-order chi connectivity index (χ1) is 6.86. The summed E-state index contributed by atoms with van der Waals surface area (Å²) in [4.78, 5) is 11.3. The van der Waals surface area contributed by atoms with Crippen LogP contribution in [0.3, 0.4) is 0 Å². The van der Waals surface area contributed by atoms with Gasteiger partial charge in [-0.25, -0.2) is 0 Å². The number of nitrogens with one attached hydrogen (secondary N) is 1. The van der Waals surface area contributed by atoms with E-state index in [1.54, 1.807) is 0 Å². The zero-order valence-corrected chi connectivity index (χ0v) is 7.90. The van der Waals surface area contributed by atoms with E-state index in [0.717, 1.165) is 18.7 Å². The van der Waals surface area contributed by atoms with E-state index in [1.807, 2.05) is 0 Å². The summed E-state index contributed by atoms with van der Waals surface area (Å²) in [5, 5.41) is 9.68. The molecule has 1 fully saturated rings. The molecular weight excluding hydrogens is 182 g/mol. The Hall–Kier alpha value is -1.39. The van der Waals surface area contributed by atoms with E-state index < -0.39 is 0 Å². The van der Waals surface area contributed by atoms with Crippen LogP contribution in [-0.4, -0.2) is 22.6 Å². The van der Waals surface area contributed by atoms with Crippen molar-refractivity contribution in [2.75, 3.05) is 6.54 Å². The van der Waals surface area contributed by atoms with Crippen molar-refractivity contribution in [2.24, 2.45) is 5.92 Å². The van der Waals surface area contributed by atoms with Crippen molar-refractivity contribution < 1.29 is 9.21 Å². The first-order valence-corrected chi connectivity index (χ1v) is 4.90. The van der Waals surface area contributed by atoms with Gasteiger partial charge in [0.2, 0.25) is 6.39 Å². The van der Waals surface area contributed by atoms with Gasteiger partial charge in [0, 0.05) is 6.54 Å². The predicted molar refractivity (Wildman–Crippen MR) is 48.6 cm³/mol. The Morgan fingerprint density at radius 1 is 1.64 bits per heavy atom. The highest BCUT2D eigenvalue weighted by Gasteiger charge is 2.20. The topological polar surface area (TPSA) is 68.0 Å². The van der Waals surface area contributed by atoms with E-state index in [2.05, 4.69) is 15.5 Å². The van der Waals surface area contributed by atoms with Gasteiger partial charge < -0.3 is 9.73 Å². The van der Waals surface area contributed by atoms with Gasteiger partial charge in [-0.1, -0.05) is 12.8 Å². The Kier molecular flexibility index (Phi) is 2.76. The van der Waals surface area contributed by atoms with Crippen LogP contribution in [0.2, 0.25) is 0 Å². The van der Waals surface area contributed by atoms with Crippen LogP contribution >= 0.6 is 0 Å². The SMILES string of the molecule is O=C(NCCCC1CC1)c1nnco1. The van der Waals surface area contributed by atoms with Gasteiger partial charge in [0.15, 0.2) is 0 Å². The summed E-state index contributed by atoms with van der Waals surface area (Å²) in [6, 6.07) is 0. The van der Waals surface area contributed by atoms with Crippen LogP contribution < -0.4 is 5.32 Å². The maximum Gasteiger partial charge on any atom is 0.308 e. The molecule has 76 valence electrons. The van der Waals surface area contributed by atoms with Crippen LogP contribution in [0.25, 0.3) is 0 Å². The van der Waals surface area contributed by atoms with Gasteiger partial charge in [-0.3, -0.25) is 4.79 Å². The molecule has 1 aromatic rings. The van der Waals surface area contributed by atoms with Gasteiger partial charge in [-0.05, 0) is 18.8 Å². The molecule has 5 heteroatoms. The summed E-state index contributed by atoms with van der Waals surface area (Å²) < 4.78 is 4.75. The van der Waals surface area contributed by atoms with Crippen molar-refractivity contribution in [2.45, 2.75) is 25.7 Å². The van der Waals surface area contributed by atoms with Gasteiger partial charge in [0.25, 0.3) is 0 Å². The lowest BCUT2D eigenvalue weighted by molar-refractivity contribution is 0.0918. The van der Waals surface area contributed by atoms with Crippen molar-refractivity contribution in [1.82, 2.24) is 15.5 Å². The van der Waals surface area contributed by atoms with E-state index in [1.165, 1.54) is 19.3 Å². The molecule has 0 spiro atoms. The monoisotopic (exact) mass is 195 g/mol. The third kappa shape index (κ3) is 2.55. The molecule has 5 nitrogen and oxygen atoms in total. The summed E-state index contributed by atoms with van der Waals surface area (Å²) >= 11 is 0. The molecule has 1 saturated carbocycles. The van der Waals surface area contributed by atoms with Gasteiger partial charge in [-0.2, -0.15) is 0 Å². The maximum atomic E-state index is 11.3. The molecule has 2 rings (SSSR count). The minimum atomic E-state index is -0.279. The molecule has 1 N–H and O–H groups in total. The second kappa shape index (κ2) is 4.21. The van der Waals surface area contributed by atoms with Crippen LogP contribution in [0.5, 0.6) is 0 Å². The van der Waals surface area contributed by atoms with E-state index in [4.69, 9.17) is 4.42 Å². The zero-order valence-electron chi connectivity index (χ0n) is 7.90. The number of hydrogen-bond acceptors (Lipinski definition) is 4. The minimum absolute atomic E-state index is 0.0384. The number of amides is 1. The first-order valence-electron chi connectivity index (χ1n) is 4.90. The lowest BCUT2D eigenvalue weighted by atomic mass is 10.2. The molecule has 0 atom stereocenters. The number of nitrogens with zero attached hydrogens (tertiary/aromatic N) is 2. The molecule has 0 radical (unpaired) electrons. The molecule has 1 aliphatic carbocycles. The number of carbonyl (C=O) groups excluding carboxylic acids is 1. The quantitative estimate of drug-likeness (QED) is 0.711. The van der Waals surface area contributed by atoms with E-state index in [9.17, 15) is 4.79 Å². The fourth-order valence-corrected chi connectivity index (χ4v) is 1.35. The predicted octanol–water partition coefficient (Wildman–Crippen LogP) is 0.990. The molecule has 1 heterocycles. The largest absolute Gasteiger partial charge is 0.420 e. The molecule has 0 aromatic carbocycles. The molecular formula is C9H13N3O2. The molecule has 0 bridgehead atoms. The molecule has 0 aliphatic heterocycles. The number of aromatic nitrogens is 2. The summed E-state index contributed by atoms with van der Waals surface area (Å²) in [7, 11) is 0. The normalized spacial score (nSPS) is 15.4. The van der Waals surface area contributed by atoms with E-state index >= 15 is 0 Å². The van der Waals surface area contributed by atoms with Crippen molar-refractivity contribution in [3.8, 4) is 0 Å². The highest BCUT2D eigenvalue weighted by molar-refractivity contribution is 5.89.